The van der Waals surface area contributed by atoms with Crippen LogP contribution in [0.5, 0.6) is 0 Å². The molecule has 0 aliphatic rings. The molecular weight excluding hydrogens is 244 g/mol. The molecule has 1 rings (SSSR count). The summed E-state index contributed by atoms with van der Waals surface area (Å²) in [4.78, 5) is 0. The number of aryl methyl sites for hydroxylation is 1. The molecule has 0 saturated carbocycles. The highest BCUT2D eigenvalue weighted by molar-refractivity contribution is 9.10. The molecule has 1 N–H and O–H groups in total. The molecule has 0 bridgehead atoms. The fraction of sp³-hybridized carbons (Fsp3) is 0.700. The summed E-state index contributed by atoms with van der Waals surface area (Å²) in [6.45, 7) is 6.86. The molecule has 0 amide bonds. The van der Waals surface area contributed by atoms with Crippen LogP contribution in [-0.2, 0) is 6.54 Å². The van der Waals surface area contributed by atoms with Gasteiger partial charge in [0.15, 0.2) is 0 Å². The average Bonchev–Trinajstić information content (AvgIpc) is 2.45. The van der Waals surface area contributed by atoms with E-state index in [1.807, 2.05) is 17.8 Å². The highest BCUT2D eigenvalue weighted by atomic mass is 79.9. The van der Waals surface area contributed by atoms with E-state index in [-0.39, 0.29) is 6.10 Å². The molecule has 0 saturated heterocycles. The second-order valence-corrected chi connectivity index (χ2v) is 4.53. The highest BCUT2D eigenvalue weighted by Gasteiger charge is 2.16. The van der Waals surface area contributed by atoms with E-state index in [2.05, 4.69) is 34.9 Å². The second-order valence-electron chi connectivity index (χ2n) is 3.68. The van der Waals surface area contributed by atoms with Crippen LogP contribution in [0.25, 0.3) is 0 Å². The van der Waals surface area contributed by atoms with Gasteiger partial charge in [-0.15, -0.1) is 0 Å². The van der Waals surface area contributed by atoms with E-state index in [4.69, 9.17) is 0 Å². The number of aromatic nitrogens is 2. The Morgan fingerprint density at radius 2 is 2.21 bits per heavy atom. The van der Waals surface area contributed by atoms with Gasteiger partial charge in [0.25, 0.3) is 0 Å². The number of rotatable bonds is 4. The van der Waals surface area contributed by atoms with Crippen LogP contribution in [0.2, 0.25) is 0 Å². The summed E-state index contributed by atoms with van der Waals surface area (Å²) in [6, 6.07) is 0. The molecule has 0 radical (unpaired) electrons. The SMILES string of the molecule is CCn1ncc(Br)c1C(C)CC(C)O. The quantitative estimate of drug-likeness (QED) is 0.904. The average molecular weight is 261 g/mol. The summed E-state index contributed by atoms with van der Waals surface area (Å²) in [6.07, 6.45) is 2.32. The van der Waals surface area contributed by atoms with Gasteiger partial charge in [0.2, 0.25) is 0 Å². The highest BCUT2D eigenvalue weighted by Crippen LogP contribution is 2.27. The molecule has 4 heteroatoms. The van der Waals surface area contributed by atoms with Gasteiger partial charge in [-0.1, -0.05) is 6.92 Å². The van der Waals surface area contributed by atoms with Gasteiger partial charge in [0.05, 0.1) is 22.5 Å². The van der Waals surface area contributed by atoms with Crippen molar-refractivity contribution in [3.8, 4) is 0 Å². The maximum atomic E-state index is 9.33. The Morgan fingerprint density at radius 1 is 1.57 bits per heavy atom. The lowest BCUT2D eigenvalue weighted by molar-refractivity contribution is 0.175. The molecule has 1 aromatic heterocycles. The molecular formula is C10H17BrN2O. The van der Waals surface area contributed by atoms with E-state index in [1.165, 1.54) is 5.69 Å². The van der Waals surface area contributed by atoms with Crippen molar-refractivity contribution in [1.82, 2.24) is 9.78 Å². The van der Waals surface area contributed by atoms with E-state index in [1.54, 1.807) is 0 Å². The monoisotopic (exact) mass is 260 g/mol. The molecule has 14 heavy (non-hydrogen) atoms. The van der Waals surface area contributed by atoms with Crippen molar-refractivity contribution in [2.24, 2.45) is 0 Å². The zero-order valence-corrected chi connectivity index (χ0v) is 10.5. The molecule has 1 heterocycles. The number of aliphatic hydroxyl groups excluding tert-OH is 1. The Balaban J connectivity index is 2.86. The van der Waals surface area contributed by atoms with Crippen molar-refractivity contribution in [2.45, 2.75) is 45.8 Å². The Hall–Kier alpha value is -0.350. The number of nitrogens with zero attached hydrogens (tertiary/aromatic N) is 2. The first kappa shape index (κ1) is 11.7. The first-order valence-corrected chi connectivity index (χ1v) is 5.74. The van der Waals surface area contributed by atoms with Crippen LogP contribution in [0.4, 0.5) is 0 Å². The van der Waals surface area contributed by atoms with E-state index in [9.17, 15) is 5.11 Å². The topological polar surface area (TPSA) is 38.0 Å². The number of hydrogen-bond donors (Lipinski definition) is 1. The van der Waals surface area contributed by atoms with Gasteiger partial charge < -0.3 is 5.11 Å². The van der Waals surface area contributed by atoms with Crippen LogP contribution in [0, 0.1) is 0 Å². The van der Waals surface area contributed by atoms with Crippen molar-refractivity contribution in [3.63, 3.8) is 0 Å². The maximum absolute atomic E-state index is 9.33. The Labute approximate surface area is 93.3 Å². The summed E-state index contributed by atoms with van der Waals surface area (Å²) in [5.41, 5.74) is 1.17. The van der Waals surface area contributed by atoms with Gasteiger partial charge in [-0.3, -0.25) is 4.68 Å². The minimum atomic E-state index is -0.267. The largest absolute Gasteiger partial charge is 0.393 e. The van der Waals surface area contributed by atoms with Crippen LogP contribution in [0.15, 0.2) is 10.7 Å². The molecule has 0 aliphatic heterocycles. The van der Waals surface area contributed by atoms with Crippen LogP contribution >= 0.6 is 15.9 Å². The zero-order chi connectivity index (χ0) is 10.7. The van der Waals surface area contributed by atoms with E-state index in [0.29, 0.717) is 5.92 Å². The van der Waals surface area contributed by atoms with Crippen molar-refractivity contribution in [3.05, 3.63) is 16.4 Å². The molecule has 0 fully saturated rings. The summed E-state index contributed by atoms with van der Waals surface area (Å²) in [5.74, 6) is 0.326. The molecule has 2 unspecified atom stereocenters. The van der Waals surface area contributed by atoms with Gasteiger partial charge in [-0.25, -0.2) is 0 Å². The van der Waals surface area contributed by atoms with E-state index in [0.717, 1.165) is 17.4 Å². The van der Waals surface area contributed by atoms with Gasteiger partial charge in [0.1, 0.15) is 0 Å². The first-order valence-electron chi connectivity index (χ1n) is 4.95. The zero-order valence-electron chi connectivity index (χ0n) is 8.87. The maximum Gasteiger partial charge on any atom is 0.0635 e. The van der Waals surface area contributed by atoms with Crippen LogP contribution in [0.1, 0.15) is 38.8 Å². The van der Waals surface area contributed by atoms with Crippen molar-refractivity contribution >= 4 is 15.9 Å². The predicted molar refractivity (Wildman–Crippen MR) is 60.3 cm³/mol. The van der Waals surface area contributed by atoms with Crippen LogP contribution < -0.4 is 0 Å². The number of aliphatic hydroxyl groups is 1. The lowest BCUT2D eigenvalue weighted by Gasteiger charge is -2.15. The van der Waals surface area contributed by atoms with Gasteiger partial charge in [0, 0.05) is 12.5 Å². The van der Waals surface area contributed by atoms with Crippen LogP contribution in [0.3, 0.4) is 0 Å². The van der Waals surface area contributed by atoms with Gasteiger partial charge in [-0.2, -0.15) is 5.10 Å². The molecule has 2 atom stereocenters. The third kappa shape index (κ3) is 2.58. The summed E-state index contributed by atoms with van der Waals surface area (Å²) >= 11 is 3.48. The fourth-order valence-corrected chi connectivity index (χ4v) is 2.42. The third-order valence-electron chi connectivity index (χ3n) is 2.29. The Bertz CT molecular complexity index is 296. The second kappa shape index (κ2) is 4.94. The normalized spacial score (nSPS) is 15.5. The Kier molecular flexibility index (Phi) is 4.13. The predicted octanol–water partition coefficient (Wildman–Crippen LogP) is 2.54. The lowest BCUT2D eigenvalue weighted by Crippen LogP contribution is -2.11. The molecule has 0 aliphatic carbocycles. The number of hydrogen-bond acceptors (Lipinski definition) is 2. The fourth-order valence-electron chi connectivity index (χ4n) is 1.74. The molecule has 0 spiro atoms. The molecule has 3 nitrogen and oxygen atoms in total. The van der Waals surface area contributed by atoms with E-state index < -0.39 is 0 Å². The summed E-state index contributed by atoms with van der Waals surface area (Å²) in [5, 5.41) is 13.6. The van der Waals surface area contributed by atoms with Gasteiger partial charge >= 0.3 is 0 Å². The summed E-state index contributed by atoms with van der Waals surface area (Å²) < 4.78 is 3.00. The smallest absolute Gasteiger partial charge is 0.0635 e. The first-order chi connectivity index (χ1) is 6.56. The molecule has 0 aromatic carbocycles. The van der Waals surface area contributed by atoms with Gasteiger partial charge in [-0.05, 0) is 36.2 Å². The Morgan fingerprint density at radius 3 is 2.71 bits per heavy atom. The van der Waals surface area contributed by atoms with Crippen molar-refractivity contribution < 1.29 is 5.11 Å². The van der Waals surface area contributed by atoms with Crippen molar-refractivity contribution in [1.29, 1.82) is 0 Å². The lowest BCUT2D eigenvalue weighted by atomic mass is 10.0. The van der Waals surface area contributed by atoms with Crippen LogP contribution in [-0.4, -0.2) is 21.0 Å². The molecule has 80 valence electrons. The van der Waals surface area contributed by atoms with E-state index >= 15 is 0 Å². The molecule has 1 aromatic rings. The minimum absolute atomic E-state index is 0.267. The number of halogens is 1. The standard InChI is InChI=1S/C10H17BrN2O/c1-4-13-10(9(11)6-12-13)7(2)5-8(3)14/h6-8,14H,4-5H2,1-3H3. The van der Waals surface area contributed by atoms with Crippen molar-refractivity contribution in [2.75, 3.05) is 0 Å². The third-order valence-corrected chi connectivity index (χ3v) is 2.91. The summed E-state index contributed by atoms with van der Waals surface area (Å²) in [7, 11) is 0. The minimum Gasteiger partial charge on any atom is -0.393 e.